The summed E-state index contributed by atoms with van der Waals surface area (Å²) in [5.41, 5.74) is 1.91. The van der Waals surface area contributed by atoms with Crippen molar-refractivity contribution in [3.05, 3.63) is 34.9 Å². The van der Waals surface area contributed by atoms with Crippen LogP contribution in [0.15, 0.2) is 24.3 Å². The Morgan fingerprint density at radius 3 is 2.38 bits per heavy atom. The van der Waals surface area contributed by atoms with Gasteiger partial charge in [0.15, 0.2) is 0 Å². The van der Waals surface area contributed by atoms with Crippen LogP contribution in [0.3, 0.4) is 0 Å². The summed E-state index contributed by atoms with van der Waals surface area (Å²) in [6.45, 7) is 6.26. The molecule has 0 aliphatic rings. The van der Waals surface area contributed by atoms with Crippen molar-refractivity contribution in [1.29, 1.82) is 0 Å². The second kappa shape index (κ2) is 9.46. The maximum atomic E-state index is 10.7. The largest absolute Gasteiger partial charge is 0.478 e. The fraction of sp³-hybridized carbons (Fsp3) is 0.471. The van der Waals surface area contributed by atoms with Crippen molar-refractivity contribution in [2.75, 3.05) is 18.0 Å². The molecule has 3 nitrogen and oxygen atoms in total. The zero-order valence-corrected chi connectivity index (χ0v) is 13.6. The number of nitrogens with zero attached hydrogens (tertiary/aromatic N) is 1. The summed E-state index contributed by atoms with van der Waals surface area (Å²) in [6.07, 6.45) is 7.28. The molecule has 0 radical (unpaired) electrons. The predicted molar refractivity (Wildman–Crippen MR) is 90.2 cm³/mol. The Morgan fingerprint density at radius 1 is 1.24 bits per heavy atom. The third-order valence-electron chi connectivity index (χ3n) is 3.30. The Kier molecular flexibility index (Phi) is 7.91. The van der Waals surface area contributed by atoms with Crippen LogP contribution in [0.25, 0.3) is 6.08 Å². The van der Waals surface area contributed by atoms with Crippen molar-refractivity contribution >= 4 is 29.3 Å². The lowest BCUT2D eigenvalue weighted by Gasteiger charge is -2.26. The number of hydrogen-bond acceptors (Lipinski definition) is 2. The van der Waals surface area contributed by atoms with E-state index in [0.717, 1.165) is 50.0 Å². The molecule has 0 amide bonds. The summed E-state index contributed by atoms with van der Waals surface area (Å²) in [5.74, 6) is -0.940. The first-order valence-electron chi connectivity index (χ1n) is 7.54. The number of carbonyl (C=O) groups is 1. The van der Waals surface area contributed by atoms with Crippen LogP contribution in [-0.4, -0.2) is 24.2 Å². The fourth-order valence-electron chi connectivity index (χ4n) is 2.14. The van der Waals surface area contributed by atoms with E-state index < -0.39 is 5.97 Å². The van der Waals surface area contributed by atoms with Gasteiger partial charge in [-0.05, 0) is 36.6 Å². The Labute approximate surface area is 132 Å². The molecule has 0 aromatic heterocycles. The highest BCUT2D eigenvalue weighted by atomic mass is 35.5. The van der Waals surface area contributed by atoms with E-state index in [4.69, 9.17) is 16.7 Å². The van der Waals surface area contributed by atoms with E-state index in [9.17, 15) is 4.79 Å². The first kappa shape index (κ1) is 17.6. The van der Waals surface area contributed by atoms with E-state index in [0.29, 0.717) is 5.02 Å². The molecule has 0 aliphatic heterocycles. The summed E-state index contributed by atoms with van der Waals surface area (Å²) in [6, 6.07) is 5.60. The maximum absolute atomic E-state index is 10.7. The molecule has 0 atom stereocenters. The van der Waals surface area contributed by atoms with Crippen molar-refractivity contribution < 1.29 is 9.90 Å². The van der Waals surface area contributed by atoms with Crippen LogP contribution >= 0.6 is 11.6 Å². The monoisotopic (exact) mass is 309 g/mol. The highest BCUT2D eigenvalue weighted by molar-refractivity contribution is 6.31. The molecule has 0 saturated carbocycles. The average molecular weight is 310 g/mol. The normalized spacial score (nSPS) is 11.0. The molecule has 1 aromatic rings. The maximum Gasteiger partial charge on any atom is 0.328 e. The number of rotatable bonds is 9. The molecule has 21 heavy (non-hydrogen) atoms. The zero-order chi connectivity index (χ0) is 15.7. The average Bonchev–Trinajstić information content (AvgIpc) is 2.46. The van der Waals surface area contributed by atoms with Crippen LogP contribution in [-0.2, 0) is 4.79 Å². The van der Waals surface area contributed by atoms with Gasteiger partial charge in [-0.15, -0.1) is 0 Å². The summed E-state index contributed by atoms with van der Waals surface area (Å²) < 4.78 is 0. The van der Waals surface area contributed by atoms with Gasteiger partial charge >= 0.3 is 5.97 Å². The third-order valence-corrected chi connectivity index (χ3v) is 3.54. The molecule has 1 N–H and O–H groups in total. The molecule has 0 spiro atoms. The Hall–Kier alpha value is -1.48. The van der Waals surface area contributed by atoms with E-state index in [1.807, 2.05) is 12.1 Å². The number of anilines is 1. The predicted octanol–water partition coefficient (Wildman–Crippen LogP) is 4.84. The standard InChI is InChI=1S/C17H24ClNO2/c1-3-5-11-19(12-6-4-2)16-13-15(18)9-7-14(16)8-10-17(20)21/h7-10,13H,3-6,11-12H2,1-2H3,(H,20,21)/b10-8+. The topological polar surface area (TPSA) is 40.5 Å². The number of carboxylic acid groups (broad SMARTS) is 1. The molecule has 0 bridgehead atoms. The van der Waals surface area contributed by atoms with Crippen molar-refractivity contribution in [1.82, 2.24) is 0 Å². The van der Waals surface area contributed by atoms with Gasteiger partial charge in [-0.3, -0.25) is 0 Å². The van der Waals surface area contributed by atoms with E-state index in [1.54, 1.807) is 12.1 Å². The molecule has 1 aromatic carbocycles. The molecule has 1 rings (SSSR count). The number of unbranched alkanes of at least 4 members (excludes halogenated alkanes) is 2. The molecule has 0 aliphatic carbocycles. The van der Waals surface area contributed by atoms with Crippen molar-refractivity contribution in [2.24, 2.45) is 0 Å². The van der Waals surface area contributed by atoms with Gasteiger partial charge in [0, 0.05) is 29.9 Å². The minimum absolute atomic E-state index is 0.676. The van der Waals surface area contributed by atoms with Gasteiger partial charge in [-0.2, -0.15) is 0 Å². The lowest BCUT2D eigenvalue weighted by atomic mass is 10.1. The van der Waals surface area contributed by atoms with E-state index in [2.05, 4.69) is 18.7 Å². The molecule has 4 heteroatoms. The SMILES string of the molecule is CCCCN(CCCC)c1cc(Cl)ccc1/C=C/C(=O)O. The molecular weight excluding hydrogens is 286 g/mol. The first-order valence-corrected chi connectivity index (χ1v) is 7.91. The molecule has 0 heterocycles. The van der Waals surface area contributed by atoms with Crippen LogP contribution < -0.4 is 4.90 Å². The number of halogens is 1. The van der Waals surface area contributed by atoms with Gasteiger partial charge in [0.25, 0.3) is 0 Å². The molecule has 0 fully saturated rings. The molecule has 0 saturated heterocycles. The second-order valence-corrected chi connectivity index (χ2v) is 5.51. The number of aliphatic carboxylic acids is 1. The van der Waals surface area contributed by atoms with Gasteiger partial charge in [0.1, 0.15) is 0 Å². The summed E-state index contributed by atoms with van der Waals surface area (Å²) in [5, 5.41) is 9.49. The highest BCUT2D eigenvalue weighted by Crippen LogP contribution is 2.27. The molecule has 116 valence electrons. The summed E-state index contributed by atoms with van der Waals surface area (Å²) in [4.78, 5) is 13.0. The van der Waals surface area contributed by atoms with Crippen LogP contribution in [0.4, 0.5) is 5.69 Å². The molecular formula is C17H24ClNO2. The Balaban J connectivity index is 3.07. The van der Waals surface area contributed by atoms with Gasteiger partial charge in [0.05, 0.1) is 0 Å². The molecule has 0 unspecified atom stereocenters. The Morgan fingerprint density at radius 2 is 1.86 bits per heavy atom. The van der Waals surface area contributed by atoms with E-state index in [-0.39, 0.29) is 0 Å². The number of hydrogen-bond donors (Lipinski definition) is 1. The third kappa shape index (κ3) is 6.21. The lowest BCUT2D eigenvalue weighted by molar-refractivity contribution is -0.131. The fourth-order valence-corrected chi connectivity index (χ4v) is 2.31. The van der Waals surface area contributed by atoms with Crippen LogP contribution in [0.1, 0.15) is 45.1 Å². The van der Waals surface area contributed by atoms with E-state index >= 15 is 0 Å². The minimum Gasteiger partial charge on any atom is -0.478 e. The zero-order valence-electron chi connectivity index (χ0n) is 12.8. The van der Waals surface area contributed by atoms with Gasteiger partial charge in [-0.25, -0.2) is 4.79 Å². The lowest BCUT2D eigenvalue weighted by Crippen LogP contribution is -2.26. The highest BCUT2D eigenvalue weighted by Gasteiger charge is 2.10. The van der Waals surface area contributed by atoms with E-state index in [1.165, 1.54) is 6.08 Å². The van der Waals surface area contributed by atoms with Gasteiger partial charge < -0.3 is 10.0 Å². The summed E-state index contributed by atoms with van der Waals surface area (Å²) >= 11 is 6.12. The van der Waals surface area contributed by atoms with Crippen molar-refractivity contribution in [3.8, 4) is 0 Å². The number of benzene rings is 1. The minimum atomic E-state index is -0.940. The van der Waals surface area contributed by atoms with Crippen LogP contribution in [0.2, 0.25) is 5.02 Å². The Bertz CT molecular complexity index is 478. The van der Waals surface area contributed by atoms with Crippen molar-refractivity contribution in [3.63, 3.8) is 0 Å². The van der Waals surface area contributed by atoms with Crippen LogP contribution in [0.5, 0.6) is 0 Å². The number of carboxylic acids is 1. The smallest absolute Gasteiger partial charge is 0.328 e. The first-order chi connectivity index (χ1) is 10.1. The van der Waals surface area contributed by atoms with Gasteiger partial charge in [-0.1, -0.05) is 44.4 Å². The quantitative estimate of drug-likeness (QED) is 0.663. The van der Waals surface area contributed by atoms with Gasteiger partial charge in [0.2, 0.25) is 0 Å². The van der Waals surface area contributed by atoms with Crippen molar-refractivity contribution in [2.45, 2.75) is 39.5 Å². The summed E-state index contributed by atoms with van der Waals surface area (Å²) in [7, 11) is 0. The second-order valence-electron chi connectivity index (χ2n) is 5.07. The van der Waals surface area contributed by atoms with Crippen LogP contribution in [0, 0.1) is 0 Å².